The molecule has 0 unspecified atom stereocenters. The first-order chi connectivity index (χ1) is 13.0. The van der Waals surface area contributed by atoms with Crippen LogP contribution in [0, 0.1) is 20.8 Å². The summed E-state index contributed by atoms with van der Waals surface area (Å²) in [5, 5.41) is 12.7. The van der Waals surface area contributed by atoms with Crippen LogP contribution in [0.1, 0.15) is 22.4 Å². The maximum absolute atomic E-state index is 12.4. The summed E-state index contributed by atoms with van der Waals surface area (Å²) in [6, 6.07) is 11.5. The van der Waals surface area contributed by atoms with Crippen molar-refractivity contribution in [1.82, 2.24) is 29.6 Å². The SMILES string of the molecule is Cc1ccc(C)c(-n2nnnc2SCc2cc(=O)n3cc(C)ccc3n2)c1. The van der Waals surface area contributed by atoms with Gasteiger partial charge in [0, 0.05) is 18.0 Å². The lowest BCUT2D eigenvalue weighted by Gasteiger charge is -2.08. The number of aromatic nitrogens is 6. The number of hydrogen-bond donors (Lipinski definition) is 0. The summed E-state index contributed by atoms with van der Waals surface area (Å²) in [5.74, 6) is 0.505. The van der Waals surface area contributed by atoms with Crippen LogP contribution in [-0.4, -0.2) is 29.6 Å². The molecule has 0 atom stereocenters. The maximum atomic E-state index is 12.4. The van der Waals surface area contributed by atoms with E-state index in [4.69, 9.17) is 0 Å². The first-order valence-electron chi connectivity index (χ1n) is 8.49. The van der Waals surface area contributed by atoms with E-state index in [9.17, 15) is 4.79 Å². The third kappa shape index (κ3) is 3.48. The highest BCUT2D eigenvalue weighted by Gasteiger charge is 2.12. The van der Waals surface area contributed by atoms with E-state index in [2.05, 4.69) is 38.7 Å². The fraction of sp³-hybridized carbons (Fsp3) is 0.211. The van der Waals surface area contributed by atoms with Crippen molar-refractivity contribution in [2.24, 2.45) is 0 Å². The summed E-state index contributed by atoms with van der Waals surface area (Å²) in [6.07, 6.45) is 1.79. The van der Waals surface area contributed by atoms with Crippen LogP contribution in [0.2, 0.25) is 0 Å². The molecule has 4 aromatic rings. The van der Waals surface area contributed by atoms with Gasteiger partial charge in [0.15, 0.2) is 0 Å². The minimum absolute atomic E-state index is 0.0894. The predicted molar refractivity (Wildman–Crippen MR) is 104 cm³/mol. The third-order valence-electron chi connectivity index (χ3n) is 4.24. The predicted octanol–water partition coefficient (Wildman–Crippen LogP) is 2.89. The van der Waals surface area contributed by atoms with E-state index in [-0.39, 0.29) is 5.56 Å². The second-order valence-electron chi connectivity index (χ2n) is 6.47. The van der Waals surface area contributed by atoms with E-state index in [1.807, 2.05) is 32.9 Å². The Morgan fingerprint density at radius 3 is 2.70 bits per heavy atom. The lowest BCUT2D eigenvalue weighted by Crippen LogP contribution is -2.15. The number of pyridine rings is 1. The van der Waals surface area contributed by atoms with Gasteiger partial charge in [-0.25, -0.2) is 4.98 Å². The molecule has 4 rings (SSSR count). The molecule has 7 nitrogen and oxygen atoms in total. The normalized spacial score (nSPS) is 11.2. The van der Waals surface area contributed by atoms with Gasteiger partial charge in [-0.15, -0.1) is 5.10 Å². The fourth-order valence-corrected chi connectivity index (χ4v) is 3.61. The molecular formula is C19H18N6OS. The van der Waals surface area contributed by atoms with Crippen LogP contribution in [0.25, 0.3) is 11.3 Å². The van der Waals surface area contributed by atoms with E-state index in [1.54, 1.807) is 21.3 Å². The standard InChI is InChI=1S/C19H18N6OS/c1-12-4-6-14(3)16(8-12)25-19(21-22-23-25)27-11-15-9-18(26)24-10-13(2)5-7-17(24)20-15/h4-10H,11H2,1-3H3. The summed E-state index contributed by atoms with van der Waals surface area (Å²) in [4.78, 5) is 16.9. The zero-order chi connectivity index (χ0) is 19.0. The molecule has 0 fully saturated rings. The zero-order valence-corrected chi connectivity index (χ0v) is 16.1. The summed E-state index contributed by atoms with van der Waals surface area (Å²) in [6.45, 7) is 6.01. The number of thioether (sulfide) groups is 1. The van der Waals surface area contributed by atoms with Crippen LogP contribution in [0.4, 0.5) is 0 Å². The average molecular weight is 378 g/mol. The summed E-state index contributed by atoms with van der Waals surface area (Å²) < 4.78 is 3.29. The largest absolute Gasteiger partial charge is 0.269 e. The number of benzene rings is 1. The fourth-order valence-electron chi connectivity index (χ4n) is 2.84. The van der Waals surface area contributed by atoms with Gasteiger partial charge in [0.2, 0.25) is 5.16 Å². The second-order valence-corrected chi connectivity index (χ2v) is 7.41. The first-order valence-corrected chi connectivity index (χ1v) is 9.47. The van der Waals surface area contributed by atoms with Gasteiger partial charge in [0.1, 0.15) is 5.65 Å². The third-order valence-corrected chi connectivity index (χ3v) is 5.20. The monoisotopic (exact) mass is 378 g/mol. The number of tetrazole rings is 1. The highest BCUT2D eigenvalue weighted by atomic mass is 32.2. The Hall–Kier alpha value is -3.00. The second kappa shape index (κ2) is 6.96. The number of hydrogen-bond acceptors (Lipinski definition) is 6. The van der Waals surface area contributed by atoms with Gasteiger partial charge in [0.25, 0.3) is 5.56 Å². The summed E-state index contributed by atoms with van der Waals surface area (Å²) in [5.41, 5.74) is 5.44. The molecule has 1 aromatic carbocycles. The van der Waals surface area contributed by atoms with Gasteiger partial charge in [-0.1, -0.05) is 30.0 Å². The molecule has 0 bridgehead atoms. The van der Waals surface area contributed by atoms with Crippen LogP contribution in [0.3, 0.4) is 0 Å². The molecule has 0 spiro atoms. The molecular weight excluding hydrogens is 360 g/mol. The Kier molecular flexibility index (Phi) is 4.49. The highest BCUT2D eigenvalue weighted by molar-refractivity contribution is 7.98. The number of nitrogens with zero attached hydrogens (tertiary/aromatic N) is 6. The molecule has 0 aliphatic carbocycles. The van der Waals surface area contributed by atoms with Crippen molar-refractivity contribution in [1.29, 1.82) is 0 Å². The lowest BCUT2D eigenvalue weighted by molar-refractivity contribution is 0.751. The van der Waals surface area contributed by atoms with Crippen molar-refractivity contribution < 1.29 is 0 Å². The van der Waals surface area contributed by atoms with E-state index < -0.39 is 0 Å². The Balaban J connectivity index is 1.63. The molecule has 0 saturated carbocycles. The van der Waals surface area contributed by atoms with E-state index in [0.717, 1.165) is 22.4 Å². The topological polar surface area (TPSA) is 78.0 Å². The minimum atomic E-state index is -0.0894. The van der Waals surface area contributed by atoms with Crippen LogP contribution < -0.4 is 5.56 Å². The van der Waals surface area contributed by atoms with Crippen molar-refractivity contribution in [3.63, 3.8) is 0 Å². The number of aryl methyl sites for hydroxylation is 3. The van der Waals surface area contributed by atoms with Crippen LogP contribution in [0.5, 0.6) is 0 Å². The van der Waals surface area contributed by atoms with Crippen molar-refractivity contribution in [3.05, 3.63) is 75.3 Å². The van der Waals surface area contributed by atoms with Crippen LogP contribution in [0.15, 0.2) is 52.5 Å². The maximum Gasteiger partial charge on any atom is 0.258 e. The van der Waals surface area contributed by atoms with Gasteiger partial charge in [0.05, 0.1) is 11.4 Å². The first kappa shape index (κ1) is 17.4. The van der Waals surface area contributed by atoms with E-state index in [1.165, 1.54) is 11.8 Å². The molecule has 0 amide bonds. The molecule has 0 N–H and O–H groups in total. The number of rotatable bonds is 4. The van der Waals surface area contributed by atoms with Gasteiger partial charge in [-0.2, -0.15) is 4.68 Å². The molecule has 8 heteroatoms. The molecule has 3 aromatic heterocycles. The Labute approximate surface area is 160 Å². The Morgan fingerprint density at radius 1 is 1.04 bits per heavy atom. The molecule has 136 valence electrons. The Morgan fingerprint density at radius 2 is 1.85 bits per heavy atom. The smallest absolute Gasteiger partial charge is 0.258 e. The van der Waals surface area contributed by atoms with Gasteiger partial charge in [-0.3, -0.25) is 9.20 Å². The van der Waals surface area contributed by atoms with E-state index >= 15 is 0 Å². The quantitative estimate of drug-likeness (QED) is 0.508. The van der Waals surface area contributed by atoms with Gasteiger partial charge < -0.3 is 0 Å². The van der Waals surface area contributed by atoms with Crippen molar-refractivity contribution >= 4 is 17.4 Å². The summed E-state index contributed by atoms with van der Waals surface area (Å²) in [7, 11) is 0. The average Bonchev–Trinajstić information content (AvgIpc) is 3.11. The van der Waals surface area contributed by atoms with Crippen molar-refractivity contribution in [2.45, 2.75) is 31.7 Å². The van der Waals surface area contributed by atoms with Crippen LogP contribution in [-0.2, 0) is 5.75 Å². The van der Waals surface area contributed by atoms with Crippen molar-refractivity contribution in [3.8, 4) is 5.69 Å². The van der Waals surface area contributed by atoms with Gasteiger partial charge >= 0.3 is 0 Å². The zero-order valence-electron chi connectivity index (χ0n) is 15.2. The lowest BCUT2D eigenvalue weighted by atomic mass is 10.1. The summed E-state index contributed by atoms with van der Waals surface area (Å²) >= 11 is 1.45. The van der Waals surface area contributed by atoms with Crippen molar-refractivity contribution in [2.75, 3.05) is 0 Å². The highest BCUT2D eigenvalue weighted by Crippen LogP contribution is 2.23. The van der Waals surface area contributed by atoms with E-state index in [0.29, 0.717) is 22.3 Å². The molecule has 3 heterocycles. The molecule has 0 saturated heterocycles. The van der Waals surface area contributed by atoms with Gasteiger partial charge in [-0.05, 0) is 60.0 Å². The molecule has 0 radical (unpaired) electrons. The molecule has 0 aliphatic heterocycles. The molecule has 27 heavy (non-hydrogen) atoms. The Bertz CT molecular complexity index is 1200. The molecule has 0 aliphatic rings. The minimum Gasteiger partial charge on any atom is -0.269 e. The number of fused-ring (bicyclic) bond motifs is 1. The van der Waals surface area contributed by atoms with Crippen LogP contribution >= 0.6 is 11.8 Å².